The molecule has 2 aliphatic heterocycles. The number of fused-ring (bicyclic) bond motifs is 1. The number of amides is 1. The average molecular weight is 314 g/mol. The number of aliphatic hydroxyl groups excluding tert-OH is 1. The lowest BCUT2D eigenvalue weighted by atomic mass is 10.1. The molecule has 0 saturated carbocycles. The summed E-state index contributed by atoms with van der Waals surface area (Å²) in [7, 11) is 0. The van der Waals surface area contributed by atoms with Crippen LogP contribution in [0.3, 0.4) is 0 Å². The van der Waals surface area contributed by atoms with Crippen LogP contribution in [0.15, 0.2) is 12.1 Å². The van der Waals surface area contributed by atoms with E-state index < -0.39 is 12.9 Å². The third kappa shape index (κ3) is 2.71. The highest BCUT2D eigenvalue weighted by Crippen LogP contribution is 2.46. The lowest BCUT2D eigenvalue weighted by Crippen LogP contribution is -2.28. The minimum Gasteiger partial charge on any atom is -0.395 e. The number of hydrogen-bond acceptors (Lipinski definition) is 5. The van der Waals surface area contributed by atoms with Gasteiger partial charge in [0.2, 0.25) is 5.91 Å². The molecular weight excluding hydrogens is 298 g/mol. The number of aliphatic hydroxyl groups is 1. The van der Waals surface area contributed by atoms with Crippen LogP contribution in [0.1, 0.15) is 17.5 Å². The number of nitrogens with two attached hydrogens (primary N) is 1. The highest BCUT2D eigenvalue weighted by atomic mass is 19.3. The van der Waals surface area contributed by atoms with Crippen molar-refractivity contribution in [1.82, 2.24) is 4.90 Å². The van der Waals surface area contributed by atoms with E-state index in [4.69, 9.17) is 5.73 Å². The first-order valence-electron chi connectivity index (χ1n) is 6.93. The fraction of sp³-hybridized carbons (Fsp3) is 0.500. The van der Waals surface area contributed by atoms with E-state index in [-0.39, 0.29) is 28.9 Å². The highest BCUT2D eigenvalue weighted by Gasteiger charge is 2.46. The summed E-state index contributed by atoms with van der Waals surface area (Å²) in [5.41, 5.74) is 6.05. The molecule has 1 fully saturated rings. The molecule has 0 aliphatic carbocycles. The van der Waals surface area contributed by atoms with Crippen LogP contribution >= 0.6 is 0 Å². The zero-order valence-corrected chi connectivity index (χ0v) is 11.7. The van der Waals surface area contributed by atoms with Gasteiger partial charge in [0.25, 0.3) is 0 Å². The fourth-order valence-corrected chi connectivity index (χ4v) is 2.82. The van der Waals surface area contributed by atoms with Crippen molar-refractivity contribution >= 4 is 5.91 Å². The molecule has 1 atom stereocenters. The van der Waals surface area contributed by atoms with Gasteiger partial charge in [-0.05, 0) is 13.0 Å². The molecule has 3 N–H and O–H groups in total. The second kappa shape index (κ2) is 5.36. The number of benzene rings is 1. The van der Waals surface area contributed by atoms with Gasteiger partial charge in [0.05, 0.1) is 12.5 Å². The lowest BCUT2D eigenvalue weighted by molar-refractivity contribution is -0.287. The summed E-state index contributed by atoms with van der Waals surface area (Å²) in [4.78, 5) is 13.1. The maximum atomic E-state index is 13.3. The molecule has 22 heavy (non-hydrogen) atoms. The van der Waals surface area contributed by atoms with Gasteiger partial charge in [-0.15, -0.1) is 8.78 Å². The topological polar surface area (TPSA) is 85.0 Å². The summed E-state index contributed by atoms with van der Waals surface area (Å²) >= 11 is 0. The van der Waals surface area contributed by atoms with Gasteiger partial charge in [-0.1, -0.05) is 12.1 Å². The fourth-order valence-electron chi connectivity index (χ4n) is 2.82. The molecule has 1 saturated heterocycles. The van der Waals surface area contributed by atoms with E-state index in [0.29, 0.717) is 31.6 Å². The van der Waals surface area contributed by atoms with Crippen LogP contribution in [0.4, 0.5) is 8.78 Å². The molecular formula is C14H16F2N2O4. The largest absolute Gasteiger partial charge is 0.586 e. The smallest absolute Gasteiger partial charge is 0.395 e. The van der Waals surface area contributed by atoms with E-state index in [2.05, 4.69) is 9.47 Å². The summed E-state index contributed by atoms with van der Waals surface area (Å²) in [5.74, 6) is -0.757. The third-order valence-electron chi connectivity index (χ3n) is 3.96. The van der Waals surface area contributed by atoms with E-state index >= 15 is 0 Å². The van der Waals surface area contributed by atoms with Gasteiger partial charge in [-0.2, -0.15) is 0 Å². The van der Waals surface area contributed by atoms with Crippen LogP contribution in [0, 0.1) is 5.92 Å². The van der Waals surface area contributed by atoms with Crippen LogP contribution in [0.5, 0.6) is 11.5 Å². The third-order valence-corrected chi connectivity index (χ3v) is 3.96. The number of carbonyl (C=O) groups excluding carboxylic acids is 1. The van der Waals surface area contributed by atoms with Crippen molar-refractivity contribution < 1.29 is 28.2 Å². The van der Waals surface area contributed by atoms with Crippen LogP contribution in [-0.4, -0.2) is 35.3 Å². The number of hydrogen-bond donors (Lipinski definition) is 2. The number of carbonyl (C=O) groups is 1. The van der Waals surface area contributed by atoms with E-state index in [0.717, 1.165) is 0 Å². The standard InChI is InChI=1S/C14H16F2N2O4/c15-14(16)21-11-8(1-2-10(7-19)12(11)22-14)5-18-4-3-9(6-18)13(17)20/h1-2,9,19H,3-7H2,(H2,17,20). The van der Waals surface area contributed by atoms with Crippen molar-refractivity contribution in [2.24, 2.45) is 11.7 Å². The quantitative estimate of drug-likeness (QED) is 0.859. The molecule has 2 aliphatic rings. The molecule has 0 radical (unpaired) electrons. The first kappa shape index (κ1) is 15.0. The molecule has 2 heterocycles. The SMILES string of the molecule is NC(=O)C1CCN(Cc2ccc(CO)c3c2OC(F)(F)O3)C1. The molecule has 1 amide bonds. The predicted molar refractivity (Wildman–Crippen MR) is 71.1 cm³/mol. The Bertz CT molecular complexity index is 609. The van der Waals surface area contributed by atoms with E-state index in [1.54, 1.807) is 6.07 Å². The maximum Gasteiger partial charge on any atom is 0.586 e. The van der Waals surface area contributed by atoms with Gasteiger partial charge in [-0.3, -0.25) is 9.69 Å². The monoisotopic (exact) mass is 314 g/mol. The number of rotatable bonds is 4. The van der Waals surface area contributed by atoms with Gasteiger partial charge in [-0.25, -0.2) is 0 Å². The predicted octanol–water partition coefficient (Wildman–Crippen LogP) is 0.808. The Labute approximate surface area is 125 Å². The maximum absolute atomic E-state index is 13.3. The molecule has 6 nitrogen and oxygen atoms in total. The summed E-state index contributed by atoms with van der Waals surface area (Å²) in [5, 5.41) is 9.20. The molecule has 1 unspecified atom stereocenters. The van der Waals surface area contributed by atoms with Crippen LogP contribution in [-0.2, 0) is 17.9 Å². The summed E-state index contributed by atoms with van der Waals surface area (Å²) < 4.78 is 35.7. The molecule has 0 bridgehead atoms. The van der Waals surface area contributed by atoms with Crippen molar-refractivity contribution in [3.63, 3.8) is 0 Å². The van der Waals surface area contributed by atoms with Gasteiger partial charge >= 0.3 is 6.29 Å². The summed E-state index contributed by atoms with van der Waals surface area (Å²) in [6.45, 7) is 1.07. The zero-order valence-electron chi connectivity index (χ0n) is 11.7. The van der Waals surface area contributed by atoms with Crippen molar-refractivity contribution in [3.05, 3.63) is 23.3 Å². The number of halogens is 2. The van der Waals surface area contributed by atoms with Crippen molar-refractivity contribution in [1.29, 1.82) is 0 Å². The number of nitrogens with zero attached hydrogens (tertiary/aromatic N) is 1. The van der Waals surface area contributed by atoms with Crippen molar-refractivity contribution in [2.75, 3.05) is 13.1 Å². The van der Waals surface area contributed by atoms with Gasteiger partial charge in [0.15, 0.2) is 11.5 Å². The van der Waals surface area contributed by atoms with Crippen molar-refractivity contribution in [3.8, 4) is 11.5 Å². The molecule has 3 rings (SSSR count). The van der Waals surface area contributed by atoms with Crippen LogP contribution in [0.25, 0.3) is 0 Å². The Morgan fingerprint density at radius 1 is 1.36 bits per heavy atom. The normalized spacial score (nSPS) is 23.0. The van der Waals surface area contributed by atoms with E-state index in [9.17, 15) is 18.7 Å². The molecule has 1 aromatic rings. The highest BCUT2D eigenvalue weighted by molar-refractivity contribution is 5.77. The average Bonchev–Trinajstić information content (AvgIpc) is 3.02. The Morgan fingerprint density at radius 2 is 2.00 bits per heavy atom. The molecule has 1 aromatic carbocycles. The van der Waals surface area contributed by atoms with Gasteiger partial charge in [0.1, 0.15) is 0 Å². The molecule has 8 heteroatoms. The van der Waals surface area contributed by atoms with Gasteiger partial charge < -0.3 is 20.3 Å². The minimum absolute atomic E-state index is 0.0564. The summed E-state index contributed by atoms with van der Waals surface area (Å²) in [6, 6.07) is 3.15. The minimum atomic E-state index is -3.73. The molecule has 0 spiro atoms. The number of ether oxygens (including phenoxy) is 2. The zero-order chi connectivity index (χ0) is 15.9. The first-order chi connectivity index (χ1) is 10.4. The second-order valence-electron chi connectivity index (χ2n) is 5.49. The number of primary amides is 1. The van der Waals surface area contributed by atoms with Crippen LogP contribution in [0.2, 0.25) is 0 Å². The number of alkyl halides is 2. The lowest BCUT2D eigenvalue weighted by Gasteiger charge is -2.17. The molecule has 0 aromatic heterocycles. The summed E-state index contributed by atoms with van der Waals surface area (Å²) in [6.07, 6.45) is -3.08. The first-order valence-corrected chi connectivity index (χ1v) is 6.93. The molecule has 120 valence electrons. The van der Waals surface area contributed by atoms with Crippen molar-refractivity contribution in [2.45, 2.75) is 25.9 Å². The van der Waals surface area contributed by atoms with Gasteiger partial charge in [0, 0.05) is 24.2 Å². The Kier molecular flexibility index (Phi) is 3.65. The van der Waals surface area contributed by atoms with E-state index in [1.807, 2.05) is 4.90 Å². The Balaban J connectivity index is 1.82. The van der Waals surface area contributed by atoms with Crippen LogP contribution < -0.4 is 15.2 Å². The Hall–Kier alpha value is -1.93. The number of likely N-dealkylation sites (tertiary alicyclic amines) is 1. The van der Waals surface area contributed by atoms with E-state index in [1.165, 1.54) is 6.07 Å². The Morgan fingerprint density at radius 3 is 2.59 bits per heavy atom. The second-order valence-corrected chi connectivity index (χ2v) is 5.49.